The molecule has 1 unspecified atom stereocenters. The van der Waals surface area contributed by atoms with Crippen LogP contribution >= 0.6 is 0 Å². The van der Waals surface area contributed by atoms with Gasteiger partial charge in [-0.1, -0.05) is 30.3 Å². The highest BCUT2D eigenvalue weighted by Crippen LogP contribution is 2.21. The van der Waals surface area contributed by atoms with E-state index in [-0.39, 0.29) is 17.9 Å². The van der Waals surface area contributed by atoms with Crippen LogP contribution in [-0.2, 0) is 11.3 Å². The topological polar surface area (TPSA) is 85.8 Å². The number of rotatable bonds is 6. The predicted molar refractivity (Wildman–Crippen MR) is 115 cm³/mol. The van der Waals surface area contributed by atoms with E-state index in [1.54, 1.807) is 18.0 Å². The Morgan fingerprint density at radius 2 is 1.97 bits per heavy atom. The highest BCUT2D eigenvalue weighted by molar-refractivity contribution is 5.97. The molecular weight excluding hydrogens is 366 g/mol. The van der Waals surface area contributed by atoms with Crippen LogP contribution < -0.4 is 20.9 Å². The van der Waals surface area contributed by atoms with Gasteiger partial charge in [0.05, 0.1) is 12.6 Å². The fourth-order valence-corrected chi connectivity index (χ4v) is 3.30. The Bertz CT molecular complexity index is 882. The van der Waals surface area contributed by atoms with E-state index in [0.717, 1.165) is 11.3 Å². The van der Waals surface area contributed by atoms with Crippen molar-refractivity contribution in [2.45, 2.75) is 25.9 Å². The van der Waals surface area contributed by atoms with E-state index in [4.69, 9.17) is 0 Å². The molecule has 0 spiro atoms. The Morgan fingerprint density at radius 1 is 1.17 bits per heavy atom. The highest BCUT2D eigenvalue weighted by atomic mass is 16.2. The minimum absolute atomic E-state index is 0.0160. The maximum atomic E-state index is 12.4. The van der Waals surface area contributed by atoms with Crippen LogP contribution in [0.15, 0.2) is 59.6 Å². The average Bonchev–Trinajstić information content (AvgIpc) is 3.12. The van der Waals surface area contributed by atoms with Crippen molar-refractivity contribution in [3.05, 3.63) is 65.7 Å². The van der Waals surface area contributed by atoms with Crippen LogP contribution in [0.2, 0.25) is 0 Å². The monoisotopic (exact) mass is 393 g/mol. The van der Waals surface area contributed by atoms with Gasteiger partial charge in [0.1, 0.15) is 0 Å². The van der Waals surface area contributed by atoms with Gasteiger partial charge in [0.15, 0.2) is 5.96 Å². The number of hydrogen-bond donors (Lipinski definition) is 3. The first-order valence-electron chi connectivity index (χ1n) is 9.82. The standard InChI is InChI=1S/C22H27N5O2/c1-3-24-22(25-14-16-8-7-9-17(12-16)21(29)23-2)26-18-13-20(28)27(15-18)19-10-5-4-6-11-19/h4-12,18H,3,13-15H2,1-2H3,(H,23,29)(H2,24,25,26). The van der Waals surface area contributed by atoms with E-state index >= 15 is 0 Å². The molecular formula is C22H27N5O2. The van der Waals surface area contributed by atoms with Gasteiger partial charge >= 0.3 is 0 Å². The van der Waals surface area contributed by atoms with Crippen molar-refractivity contribution in [3.63, 3.8) is 0 Å². The molecule has 0 aromatic heterocycles. The molecule has 0 radical (unpaired) electrons. The molecule has 2 aromatic carbocycles. The van der Waals surface area contributed by atoms with Crippen molar-refractivity contribution in [3.8, 4) is 0 Å². The van der Waals surface area contributed by atoms with E-state index in [1.165, 1.54) is 0 Å². The molecule has 7 heteroatoms. The summed E-state index contributed by atoms with van der Waals surface area (Å²) in [5.74, 6) is 0.639. The number of anilines is 1. The predicted octanol–water partition coefficient (Wildman–Crippen LogP) is 1.91. The van der Waals surface area contributed by atoms with Crippen molar-refractivity contribution < 1.29 is 9.59 Å². The molecule has 3 N–H and O–H groups in total. The number of guanidine groups is 1. The van der Waals surface area contributed by atoms with Gasteiger partial charge in [-0.2, -0.15) is 0 Å². The average molecular weight is 393 g/mol. The molecule has 1 saturated heterocycles. The summed E-state index contributed by atoms with van der Waals surface area (Å²) in [6.07, 6.45) is 0.422. The third-order valence-electron chi connectivity index (χ3n) is 4.71. The van der Waals surface area contributed by atoms with Crippen LogP contribution in [0.3, 0.4) is 0 Å². The Hall–Kier alpha value is -3.35. The lowest BCUT2D eigenvalue weighted by Gasteiger charge is -2.19. The summed E-state index contributed by atoms with van der Waals surface area (Å²) in [5.41, 5.74) is 2.46. The lowest BCUT2D eigenvalue weighted by atomic mass is 10.1. The molecule has 1 aliphatic rings. The molecule has 29 heavy (non-hydrogen) atoms. The molecule has 3 rings (SSSR count). The number of amides is 2. The molecule has 0 aliphatic carbocycles. The zero-order chi connectivity index (χ0) is 20.6. The van der Waals surface area contributed by atoms with Gasteiger partial charge in [0.2, 0.25) is 5.91 Å². The molecule has 1 heterocycles. The molecule has 7 nitrogen and oxygen atoms in total. The van der Waals surface area contributed by atoms with Crippen molar-refractivity contribution in [1.29, 1.82) is 0 Å². The van der Waals surface area contributed by atoms with Crippen LogP contribution in [0.5, 0.6) is 0 Å². The molecule has 0 bridgehead atoms. The van der Waals surface area contributed by atoms with Crippen LogP contribution in [0, 0.1) is 0 Å². The van der Waals surface area contributed by atoms with Gasteiger partial charge in [-0.3, -0.25) is 9.59 Å². The zero-order valence-electron chi connectivity index (χ0n) is 16.8. The van der Waals surface area contributed by atoms with Gasteiger partial charge in [-0.05, 0) is 36.8 Å². The first-order chi connectivity index (χ1) is 14.1. The van der Waals surface area contributed by atoms with E-state index in [1.807, 2.05) is 55.5 Å². The van der Waals surface area contributed by atoms with Gasteiger partial charge in [-0.15, -0.1) is 0 Å². The Kier molecular flexibility index (Phi) is 6.84. The maximum absolute atomic E-state index is 12.4. The van der Waals surface area contributed by atoms with E-state index in [0.29, 0.717) is 37.6 Å². The summed E-state index contributed by atoms with van der Waals surface area (Å²) in [5, 5.41) is 9.22. The largest absolute Gasteiger partial charge is 0.357 e. The third kappa shape index (κ3) is 5.34. The smallest absolute Gasteiger partial charge is 0.251 e. The number of nitrogens with zero attached hydrogens (tertiary/aromatic N) is 2. The van der Waals surface area contributed by atoms with Crippen molar-refractivity contribution >= 4 is 23.5 Å². The fourth-order valence-electron chi connectivity index (χ4n) is 3.30. The summed E-state index contributed by atoms with van der Waals surface area (Å²) >= 11 is 0. The molecule has 2 amide bonds. The van der Waals surface area contributed by atoms with E-state index < -0.39 is 0 Å². The Morgan fingerprint density at radius 3 is 2.69 bits per heavy atom. The molecule has 2 aromatic rings. The summed E-state index contributed by atoms with van der Waals surface area (Å²) in [4.78, 5) is 30.7. The summed E-state index contributed by atoms with van der Waals surface area (Å²) in [6, 6.07) is 17.1. The van der Waals surface area contributed by atoms with Crippen LogP contribution in [0.25, 0.3) is 0 Å². The van der Waals surface area contributed by atoms with Gasteiger partial charge in [0, 0.05) is 37.8 Å². The van der Waals surface area contributed by atoms with Crippen LogP contribution in [-0.4, -0.2) is 44.0 Å². The minimum Gasteiger partial charge on any atom is -0.357 e. The molecule has 1 aliphatic heterocycles. The fraction of sp³-hybridized carbons (Fsp3) is 0.318. The Labute approximate surface area is 171 Å². The highest BCUT2D eigenvalue weighted by Gasteiger charge is 2.31. The van der Waals surface area contributed by atoms with Crippen molar-refractivity contribution in [2.24, 2.45) is 4.99 Å². The van der Waals surface area contributed by atoms with Crippen LogP contribution in [0.1, 0.15) is 29.3 Å². The number of hydrogen-bond acceptors (Lipinski definition) is 3. The first kappa shape index (κ1) is 20.4. The summed E-state index contributed by atoms with van der Waals surface area (Å²) in [6.45, 7) is 3.75. The molecule has 1 atom stereocenters. The van der Waals surface area contributed by atoms with Gasteiger partial charge < -0.3 is 20.9 Å². The third-order valence-corrected chi connectivity index (χ3v) is 4.71. The first-order valence-corrected chi connectivity index (χ1v) is 9.82. The Balaban J connectivity index is 1.66. The number of carbonyl (C=O) groups excluding carboxylic acids is 2. The molecule has 152 valence electrons. The zero-order valence-corrected chi connectivity index (χ0v) is 16.8. The second-order valence-corrected chi connectivity index (χ2v) is 6.86. The van der Waals surface area contributed by atoms with E-state index in [9.17, 15) is 9.59 Å². The second kappa shape index (κ2) is 9.73. The number of para-hydroxylation sites is 1. The summed E-state index contributed by atoms with van der Waals surface area (Å²) in [7, 11) is 1.61. The van der Waals surface area contributed by atoms with Crippen molar-refractivity contribution in [2.75, 3.05) is 25.0 Å². The van der Waals surface area contributed by atoms with Gasteiger partial charge in [-0.25, -0.2) is 4.99 Å². The number of aliphatic imine (C=N–C) groups is 1. The molecule has 1 fully saturated rings. The number of nitrogens with one attached hydrogen (secondary N) is 3. The maximum Gasteiger partial charge on any atom is 0.251 e. The van der Waals surface area contributed by atoms with Gasteiger partial charge in [0.25, 0.3) is 5.91 Å². The molecule has 0 saturated carbocycles. The van der Waals surface area contributed by atoms with Crippen LogP contribution in [0.4, 0.5) is 5.69 Å². The number of carbonyl (C=O) groups is 2. The lowest BCUT2D eigenvalue weighted by Crippen LogP contribution is -2.44. The van der Waals surface area contributed by atoms with Crippen molar-refractivity contribution in [1.82, 2.24) is 16.0 Å². The SMILES string of the molecule is CCNC(=NCc1cccc(C(=O)NC)c1)NC1CC(=O)N(c2ccccc2)C1. The number of benzene rings is 2. The lowest BCUT2D eigenvalue weighted by molar-refractivity contribution is -0.117. The second-order valence-electron chi connectivity index (χ2n) is 6.86. The minimum atomic E-state index is -0.119. The summed E-state index contributed by atoms with van der Waals surface area (Å²) < 4.78 is 0. The quantitative estimate of drug-likeness (QED) is 0.517. The van der Waals surface area contributed by atoms with E-state index in [2.05, 4.69) is 20.9 Å². The normalized spacial score (nSPS) is 16.6.